The van der Waals surface area contributed by atoms with E-state index in [1.165, 1.54) is 0 Å². The lowest BCUT2D eigenvalue weighted by molar-refractivity contribution is 0.368. The largest absolute Gasteiger partial charge is 0.365 e. The zero-order valence-corrected chi connectivity index (χ0v) is 14.2. The van der Waals surface area contributed by atoms with Gasteiger partial charge in [0.15, 0.2) is 5.82 Å². The minimum Gasteiger partial charge on any atom is -0.365 e. The van der Waals surface area contributed by atoms with E-state index in [9.17, 15) is 0 Å². The highest BCUT2D eigenvalue weighted by Crippen LogP contribution is 2.25. The van der Waals surface area contributed by atoms with E-state index in [1.807, 2.05) is 43.6 Å². The molecule has 0 atom stereocenters. The highest BCUT2D eigenvalue weighted by molar-refractivity contribution is 5.59. The summed E-state index contributed by atoms with van der Waals surface area (Å²) in [7, 11) is 0. The van der Waals surface area contributed by atoms with Gasteiger partial charge in [-0.2, -0.15) is 0 Å². The second-order valence-electron chi connectivity index (χ2n) is 6.22. The third-order valence-corrected chi connectivity index (χ3v) is 4.42. The van der Waals surface area contributed by atoms with Gasteiger partial charge in [-0.1, -0.05) is 18.7 Å². The number of aryl methyl sites for hydroxylation is 1. The maximum Gasteiger partial charge on any atom is 0.178 e. The quantitative estimate of drug-likeness (QED) is 0.738. The van der Waals surface area contributed by atoms with Gasteiger partial charge in [-0.25, -0.2) is 9.97 Å². The van der Waals surface area contributed by atoms with Gasteiger partial charge >= 0.3 is 0 Å². The number of pyridine rings is 2. The van der Waals surface area contributed by atoms with Crippen LogP contribution in [0.5, 0.6) is 0 Å². The molecule has 0 unspecified atom stereocenters. The molecule has 0 radical (unpaired) electrons. The molecule has 1 aliphatic heterocycles. The molecule has 1 aliphatic rings. The van der Waals surface area contributed by atoms with Gasteiger partial charge in [0.05, 0.1) is 17.1 Å². The van der Waals surface area contributed by atoms with Crippen LogP contribution in [0.4, 0.5) is 0 Å². The van der Waals surface area contributed by atoms with E-state index >= 15 is 0 Å². The molecule has 0 aromatic carbocycles. The summed E-state index contributed by atoms with van der Waals surface area (Å²) in [6.45, 7) is 7.90. The van der Waals surface area contributed by atoms with Crippen LogP contribution >= 0.6 is 0 Å². The summed E-state index contributed by atoms with van der Waals surface area (Å²) >= 11 is 0. The van der Waals surface area contributed by atoms with Gasteiger partial charge in [0.2, 0.25) is 0 Å². The first-order valence-corrected chi connectivity index (χ1v) is 8.34. The molecule has 0 aliphatic carbocycles. The van der Waals surface area contributed by atoms with Gasteiger partial charge < -0.3 is 4.90 Å². The maximum absolute atomic E-state index is 4.72. The van der Waals surface area contributed by atoms with E-state index in [0.717, 1.165) is 53.4 Å². The Bertz CT molecular complexity index is 903. The van der Waals surface area contributed by atoms with Gasteiger partial charge in [-0.3, -0.25) is 9.97 Å². The average Bonchev–Trinajstić information content (AvgIpc) is 2.68. The highest BCUT2D eigenvalue weighted by Gasteiger charge is 2.21. The molecule has 0 N–H and O–H groups in total. The summed E-state index contributed by atoms with van der Waals surface area (Å²) in [6, 6.07) is 9.86. The first-order valence-electron chi connectivity index (χ1n) is 8.34. The second-order valence-corrected chi connectivity index (χ2v) is 6.22. The topological polar surface area (TPSA) is 54.8 Å². The molecule has 3 aromatic rings. The minimum atomic E-state index is 0.687. The van der Waals surface area contributed by atoms with E-state index in [-0.39, 0.29) is 0 Å². The number of hydrogen-bond donors (Lipinski definition) is 0. The minimum absolute atomic E-state index is 0.687. The van der Waals surface area contributed by atoms with E-state index in [1.54, 1.807) is 6.20 Å². The number of hydrogen-bond acceptors (Lipinski definition) is 5. The van der Waals surface area contributed by atoms with E-state index in [0.29, 0.717) is 5.82 Å². The van der Waals surface area contributed by atoms with Crippen LogP contribution in [0.3, 0.4) is 0 Å². The van der Waals surface area contributed by atoms with Gasteiger partial charge in [-0.15, -0.1) is 0 Å². The summed E-state index contributed by atoms with van der Waals surface area (Å²) in [5.74, 6) is 0.687. The molecule has 0 amide bonds. The molecule has 4 heterocycles. The summed E-state index contributed by atoms with van der Waals surface area (Å²) < 4.78 is 0. The van der Waals surface area contributed by atoms with Crippen molar-refractivity contribution in [3.05, 3.63) is 78.0 Å². The smallest absolute Gasteiger partial charge is 0.178 e. The summed E-state index contributed by atoms with van der Waals surface area (Å²) in [4.78, 5) is 20.3. The van der Waals surface area contributed by atoms with Crippen LogP contribution in [0.1, 0.15) is 22.5 Å². The van der Waals surface area contributed by atoms with Crippen LogP contribution in [-0.4, -0.2) is 31.4 Å². The molecular formula is C20H19N5. The van der Waals surface area contributed by atoms with Crippen molar-refractivity contribution in [2.75, 3.05) is 6.54 Å². The van der Waals surface area contributed by atoms with Gasteiger partial charge in [0.1, 0.15) is 5.69 Å². The normalized spacial score (nSPS) is 13.4. The van der Waals surface area contributed by atoms with Gasteiger partial charge in [0.25, 0.3) is 0 Å². The van der Waals surface area contributed by atoms with Crippen LogP contribution in [-0.2, 0) is 13.0 Å². The third-order valence-electron chi connectivity index (χ3n) is 4.42. The fourth-order valence-electron chi connectivity index (χ4n) is 2.97. The number of nitrogens with zero attached hydrogens (tertiary/aromatic N) is 5. The lowest BCUT2D eigenvalue weighted by Crippen LogP contribution is -2.30. The SMILES string of the molecule is C=C(c1ccc(C)cn1)N1CCc2nc(-c3ccccn3)ncc2C1. The zero-order valence-electron chi connectivity index (χ0n) is 14.2. The summed E-state index contributed by atoms with van der Waals surface area (Å²) in [5, 5.41) is 0. The molecule has 0 saturated carbocycles. The lowest BCUT2D eigenvalue weighted by Gasteiger charge is -2.31. The van der Waals surface area contributed by atoms with Crippen molar-refractivity contribution in [1.29, 1.82) is 0 Å². The molecule has 0 bridgehead atoms. The third kappa shape index (κ3) is 3.13. The van der Waals surface area contributed by atoms with Crippen LogP contribution in [0.15, 0.2) is 55.5 Å². The summed E-state index contributed by atoms with van der Waals surface area (Å²) in [5.41, 5.74) is 6.05. The second kappa shape index (κ2) is 6.43. The Morgan fingerprint density at radius 2 is 2.00 bits per heavy atom. The fourth-order valence-corrected chi connectivity index (χ4v) is 2.97. The van der Waals surface area contributed by atoms with Crippen molar-refractivity contribution in [1.82, 2.24) is 24.8 Å². The summed E-state index contributed by atoms with van der Waals surface area (Å²) in [6.07, 6.45) is 6.41. The molecule has 3 aromatic heterocycles. The molecule has 4 rings (SSSR count). The molecule has 0 spiro atoms. The zero-order chi connectivity index (χ0) is 17.2. The van der Waals surface area contributed by atoms with Crippen LogP contribution < -0.4 is 0 Å². The predicted octanol–water partition coefficient (Wildman–Crippen LogP) is 3.27. The van der Waals surface area contributed by atoms with Crippen molar-refractivity contribution in [3.8, 4) is 11.5 Å². The van der Waals surface area contributed by atoms with Crippen molar-refractivity contribution in [3.63, 3.8) is 0 Å². The van der Waals surface area contributed by atoms with Crippen LogP contribution in [0.25, 0.3) is 17.2 Å². The van der Waals surface area contributed by atoms with Crippen molar-refractivity contribution in [2.24, 2.45) is 0 Å². The Labute approximate surface area is 147 Å². The highest BCUT2D eigenvalue weighted by atomic mass is 15.2. The van der Waals surface area contributed by atoms with Crippen LogP contribution in [0, 0.1) is 6.92 Å². The molecular weight excluding hydrogens is 310 g/mol. The predicted molar refractivity (Wildman–Crippen MR) is 97.4 cm³/mol. The maximum atomic E-state index is 4.72. The Morgan fingerprint density at radius 3 is 2.76 bits per heavy atom. The number of rotatable bonds is 3. The van der Waals surface area contributed by atoms with Crippen LogP contribution in [0.2, 0.25) is 0 Å². The van der Waals surface area contributed by atoms with Gasteiger partial charge in [-0.05, 0) is 30.7 Å². The van der Waals surface area contributed by atoms with E-state index < -0.39 is 0 Å². The lowest BCUT2D eigenvalue weighted by atomic mass is 10.1. The fraction of sp³-hybridized carbons (Fsp3) is 0.200. The Kier molecular flexibility index (Phi) is 3.98. The van der Waals surface area contributed by atoms with Crippen molar-refractivity contribution >= 4 is 5.70 Å². The first kappa shape index (κ1) is 15.4. The Morgan fingerprint density at radius 1 is 1.08 bits per heavy atom. The molecule has 0 fully saturated rings. The average molecular weight is 329 g/mol. The molecule has 5 nitrogen and oxygen atoms in total. The van der Waals surface area contributed by atoms with E-state index in [4.69, 9.17) is 4.98 Å². The van der Waals surface area contributed by atoms with E-state index in [2.05, 4.69) is 32.5 Å². The van der Waals surface area contributed by atoms with Crippen molar-refractivity contribution in [2.45, 2.75) is 19.9 Å². The Balaban J connectivity index is 1.55. The number of aromatic nitrogens is 4. The molecule has 25 heavy (non-hydrogen) atoms. The molecule has 0 saturated heterocycles. The molecule has 5 heteroatoms. The number of fused-ring (bicyclic) bond motifs is 1. The monoisotopic (exact) mass is 329 g/mol. The Hall–Kier alpha value is -3.08. The van der Waals surface area contributed by atoms with Crippen molar-refractivity contribution < 1.29 is 0 Å². The van der Waals surface area contributed by atoms with Gasteiger partial charge in [0, 0.05) is 43.7 Å². The standard InChI is InChI=1S/C20H19N5/c1-14-6-7-17(22-11-14)15(2)25-10-8-18-16(13-25)12-23-20(24-18)19-5-3-4-9-21-19/h3-7,9,11-12H,2,8,10,13H2,1H3. The first-order chi connectivity index (χ1) is 12.2. The molecule has 124 valence electrons.